The molecule has 0 bridgehead atoms. The van der Waals surface area contributed by atoms with Crippen molar-refractivity contribution in [1.82, 2.24) is 9.80 Å². The van der Waals surface area contributed by atoms with Crippen LogP contribution >= 0.6 is 0 Å². The van der Waals surface area contributed by atoms with E-state index in [0.717, 1.165) is 50.0 Å². The van der Waals surface area contributed by atoms with Gasteiger partial charge in [-0.3, -0.25) is 14.5 Å². The summed E-state index contributed by atoms with van der Waals surface area (Å²) in [6, 6.07) is 7.47. The number of carboxylic acids is 1. The van der Waals surface area contributed by atoms with Gasteiger partial charge in [-0.05, 0) is 49.9 Å². The molecule has 2 aliphatic heterocycles. The zero-order valence-corrected chi connectivity index (χ0v) is 15.4. The summed E-state index contributed by atoms with van der Waals surface area (Å²) in [6.45, 7) is 1.62. The molecule has 2 fully saturated rings. The Morgan fingerprint density at radius 3 is 2.54 bits per heavy atom. The molecule has 2 saturated heterocycles. The van der Waals surface area contributed by atoms with E-state index in [1.54, 1.807) is 7.11 Å². The lowest BCUT2D eigenvalue weighted by atomic mass is 10.0. The Morgan fingerprint density at radius 1 is 1.08 bits per heavy atom. The number of benzene rings is 1. The molecule has 0 unspecified atom stereocenters. The first kappa shape index (κ1) is 18.7. The average Bonchev–Trinajstić information content (AvgIpc) is 2.97. The summed E-state index contributed by atoms with van der Waals surface area (Å²) < 4.78 is 5.24. The van der Waals surface area contributed by atoms with Crippen LogP contribution in [0.5, 0.6) is 5.75 Å². The van der Waals surface area contributed by atoms with E-state index < -0.39 is 12.0 Å². The maximum absolute atomic E-state index is 13.0. The smallest absolute Gasteiger partial charge is 0.320 e. The molecule has 1 amide bonds. The van der Waals surface area contributed by atoms with Crippen molar-refractivity contribution in [2.24, 2.45) is 0 Å². The van der Waals surface area contributed by atoms with Gasteiger partial charge in [-0.15, -0.1) is 0 Å². The number of nitrogens with zero attached hydrogens (tertiary/aromatic N) is 2. The normalized spacial score (nSPS) is 24.3. The first-order chi connectivity index (χ1) is 12.6. The molecule has 1 aromatic carbocycles. The quantitative estimate of drug-likeness (QED) is 0.874. The number of likely N-dealkylation sites (tertiary alicyclic amines) is 2. The molecule has 1 aromatic rings. The number of aliphatic carboxylic acids is 1. The molecule has 1 N–H and O–H groups in total. The standard InChI is InChI=1S/C20H28N2O4/c1-26-16-10-8-15(9-11-16)17-6-3-2-4-13-22(17)19(23)14-21-12-5-7-18(21)20(24)25/h8-11,17-18H,2-7,12-14H2,1H3,(H,24,25)/t17-,18-/m1/s1. The number of rotatable bonds is 5. The molecule has 3 rings (SSSR count). The molecule has 0 aliphatic carbocycles. The van der Waals surface area contributed by atoms with Crippen molar-refractivity contribution in [1.29, 1.82) is 0 Å². The van der Waals surface area contributed by atoms with Gasteiger partial charge in [0.05, 0.1) is 19.7 Å². The predicted octanol–water partition coefficient (Wildman–Crippen LogP) is 2.69. The van der Waals surface area contributed by atoms with Crippen LogP contribution in [0, 0.1) is 0 Å². The number of carboxylic acid groups (broad SMARTS) is 1. The summed E-state index contributed by atoms with van der Waals surface area (Å²) in [6.07, 6.45) is 5.64. The van der Waals surface area contributed by atoms with Gasteiger partial charge in [-0.2, -0.15) is 0 Å². The minimum atomic E-state index is -0.821. The van der Waals surface area contributed by atoms with Gasteiger partial charge in [-0.1, -0.05) is 25.0 Å². The summed E-state index contributed by atoms with van der Waals surface area (Å²) in [7, 11) is 1.64. The highest BCUT2D eigenvalue weighted by molar-refractivity contribution is 5.80. The van der Waals surface area contributed by atoms with Gasteiger partial charge in [0, 0.05) is 6.54 Å². The van der Waals surface area contributed by atoms with Gasteiger partial charge in [0.15, 0.2) is 0 Å². The fourth-order valence-electron chi connectivity index (χ4n) is 4.14. The Morgan fingerprint density at radius 2 is 1.85 bits per heavy atom. The minimum Gasteiger partial charge on any atom is -0.497 e. The number of carbonyl (C=O) groups excluding carboxylic acids is 1. The van der Waals surface area contributed by atoms with Crippen molar-refractivity contribution < 1.29 is 19.4 Å². The van der Waals surface area contributed by atoms with E-state index in [4.69, 9.17) is 4.74 Å². The Balaban J connectivity index is 1.75. The lowest BCUT2D eigenvalue weighted by Gasteiger charge is -2.32. The van der Waals surface area contributed by atoms with Crippen LogP contribution in [0.3, 0.4) is 0 Å². The van der Waals surface area contributed by atoms with E-state index in [1.165, 1.54) is 0 Å². The van der Waals surface area contributed by atoms with Gasteiger partial charge in [0.1, 0.15) is 11.8 Å². The highest BCUT2D eigenvalue weighted by Crippen LogP contribution is 2.31. The third-order valence-corrected chi connectivity index (χ3v) is 5.56. The maximum Gasteiger partial charge on any atom is 0.320 e. The third-order valence-electron chi connectivity index (χ3n) is 5.56. The molecule has 6 heteroatoms. The van der Waals surface area contributed by atoms with Crippen molar-refractivity contribution in [3.8, 4) is 5.75 Å². The van der Waals surface area contributed by atoms with Crippen LogP contribution in [0.2, 0.25) is 0 Å². The zero-order valence-electron chi connectivity index (χ0n) is 15.4. The number of amides is 1. The lowest BCUT2D eigenvalue weighted by molar-refractivity contribution is -0.143. The molecule has 2 atom stereocenters. The van der Waals surface area contributed by atoms with Crippen LogP contribution in [-0.4, -0.2) is 59.6 Å². The Bertz CT molecular complexity index is 631. The van der Waals surface area contributed by atoms with E-state index in [0.29, 0.717) is 13.0 Å². The van der Waals surface area contributed by atoms with Crippen molar-refractivity contribution in [2.45, 2.75) is 50.6 Å². The highest BCUT2D eigenvalue weighted by atomic mass is 16.5. The number of hydrogen-bond acceptors (Lipinski definition) is 4. The fourth-order valence-corrected chi connectivity index (χ4v) is 4.14. The van der Waals surface area contributed by atoms with Crippen LogP contribution in [0.15, 0.2) is 24.3 Å². The van der Waals surface area contributed by atoms with Crippen LogP contribution in [0.1, 0.15) is 50.1 Å². The zero-order chi connectivity index (χ0) is 18.5. The average molecular weight is 360 g/mol. The Hall–Kier alpha value is -2.08. The van der Waals surface area contributed by atoms with Gasteiger partial charge in [-0.25, -0.2) is 0 Å². The second kappa shape index (κ2) is 8.54. The molecule has 142 valence electrons. The van der Waals surface area contributed by atoms with Crippen LogP contribution in [0.25, 0.3) is 0 Å². The summed E-state index contributed by atoms with van der Waals surface area (Å²) >= 11 is 0. The summed E-state index contributed by atoms with van der Waals surface area (Å²) in [5, 5.41) is 9.35. The molecular weight excluding hydrogens is 332 g/mol. The SMILES string of the molecule is COc1ccc([C@H]2CCCCCN2C(=O)CN2CCC[C@@H]2C(=O)O)cc1. The van der Waals surface area contributed by atoms with Crippen LogP contribution in [-0.2, 0) is 9.59 Å². The number of carbonyl (C=O) groups is 2. The van der Waals surface area contributed by atoms with Crippen molar-refractivity contribution in [3.63, 3.8) is 0 Å². The van der Waals surface area contributed by atoms with E-state index in [9.17, 15) is 14.7 Å². The topological polar surface area (TPSA) is 70.1 Å². The summed E-state index contributed by atoms with van der Waals surface area (Å²) in [5.74, 6) is 0.0281. The van der Waals surface area contributed by atoms with Gasteiger partial charge in [0.25, 0.3) is 0 Å². The number of ether oxygens (including phenoxy) is 1. The van der Waals surface area contributed by atoms with E-state index in [2.05, 4.69) is 0 Å². The molecule has 0 saturated carbocycles. The van der Waals surface area contributed by atoms with E-state index in [-0.39, 0.29) is 18.5 Å². The first-order valence-electron chi connectivity index (χ1n) is 9.50. The third kappa shape index (κ3) is 4.18. The molecule has 0 radical (unpaired) electrons. The van der Waals surface area contributed by atoms with Gasteiger partial charge in [0.2, 0.25) is 5.91 Å². The van der Waals surface area contributed by atoms with Crippen molar-refractivity contribution in [2.75, 3.05) is 26.7 Å². The maximum atomic E-state index is 13.0. The summed E-state index contributed by atoms with van der Waals surface area (Å²) in [5.41, 5.74) is 1.12. The second-order valence-corrected chi connectivity index (χ2v) is 7.19. The molecule has 2 heterocycles. The van der Waals surface area contributed by atoms with Crippen molar-refractivity contribution in [3.05, 3.63) is 29.8 Å². The van der Waals surface area contributed by atoms with E-state index in [1.807, 2.05) is 34.1 Å². The lowest BCUT2D eigenvalue weighted by Crippen LogP contribution is -2.45. The van der Waals surface area contributed by atoms with Crippen LogP contribution < -0.4 is 4.74 Å². The Kier molecular flexibility index (Phi) is 6.14. The van der Waals surface area contributed by atoms with Crippen LogP contribution in [0.4, 0.5) is 0 Å². The molecule has 6 nitrogen and oxygen atoms in total. The predicted molar refractivity (Wildman–Crippen MR) is 98.1 cm³/mol. The highest BCUT2D eigenvalue weighted by Gasteiger charge is 2.34. The minimum absolute atomic E-state index is 0.0425. The van der Waals surface area contributed by atoms with Gasteiger partial charge < -0.3 is 14.7 Å². The van der Waals surface area contributed by atoms with E-state index >= 15 is 0 Å². The molecule has 2 aliphatic rings. The Labute approximate surface area is 154 Å². The molecule has 0 spiro atoms. The second-order valence-electron chi connectivity index (χ2n) is 7.19. The molecule has 0 aromatic heterocycles. The largest absolute Gasteiger partial charge is 0.497 e. The molecular formula is C20H28N2O4. The molecule has 26 heavy (non-hydrogen) atoms. The van der Waals surface area contributed by atoms with Gasteiger partial charge >= 0.3 is 5.97 Å². The number of methoxy groups -OCH3 is 1. The fraction of sp³-hybridized carbons (Fsp3) is 0.600. The van der Waals surface area contributed by atoms with Crippen molar-refractivity contribution >= 4 is 11.9 Å². The monoisotopic (exact) mass is 360 g/mol. The first-order valence-corrected chi connectivity index (χ1v) is 9.50. The summed E-state index contributed by atoms with van der Waals surface area (Å²) in [4.78, 5) is 28.2. The number of hydrogen-bond donors (Lipinski definition) is 1.